The van der Waals surface area contributed by atoms with Crippen molar-refractivity contribution in [2.75, 3.05) is 6.61 Å². The summed E-state index contributed by atoms with van der Waals surface area (Å²) in [6.07, 6.45) is 5.55. The van der Waals surface area contributed by atoms with E-state index in [1.165, 1.54) is 0 Å². The molecular formula is C17H18N4O2. The minimum atomic E-state index is -0.363. The first-order chi connectivity index (χ1) is 11.2. The number of hydrogen-bond donors (Lipinski definition) is 3. The Morgan fingerprint density at radius 3 is 2.91 bits per heavy atom. The standard InChI is InChI=1S/C17H18N4O2/c1-11-4-14-5-12(2-3-13(14)7-19-11)17(23)21-16(9-22)6-15-8-18-10-20-15/h2-5,7-8,10,16,22H,6,9H2,1H3,(H,18,20)(H,21,23)/t16-/m0/s1. The second-order valence-corrected chi connectivity index (χ2v) is 5.52. The molecule has 0 aliphatic rings. The molecule has 3 aromatic rings. The Bertz CT molecular complexity index is 815. The zero-order chi connectivity index (χ0) is 16.2. The third-order valence-electron chi connectivity index (χ3n) is 3.70. The van der Waals surface area contributed by atoms with Crippen LogP contribution in [0.15, 0.2) is 43.0 Å². The number of fused-ring (bicyclic) bond motifs is 1. The van der Waals surface area contributed by atoms with Crippen LogP contribution in [0, 0.1) is 6.92 Å². The van der Waals surface area contributed by atoms with E-state index in [-0.39, 0.29) is 18.6 Å². The molecule has 0 unspecified atom stereocenters. The number of nitrogens with zero attached hydrogens (tertiary/aromatic N) is 2. The van der Waals surface area contributed by atoms with Gasteiger partial charge in [0.1, 0.15) is 0 Å². The molecule has 3 N–H and O–H groups in total. The number of aromatic nitrogens is 3. The van der Waals surface area contributed by atoms with E-state index in [2.05, 4.69) is 20.3 Å². The van der Waals surface area contributed by atoms with Gasteiger partial charge >= 0.3 is 0 Å². The Morgan fingerprint density at radius 2 is 2.17 bits per heavy atom. The maximum Gasteiger partial charge on any atom is 0.251 e. The molecule has 3 rings (SSSR count). The predicted molar refractivity (Wildman–Crippen MR) is 87.1 cm³/mol. The summed E-state index contributed by atoms with van der Waals surface area (Å²) in [5.41, 5.74) is 2.33. The molecule has 0 fully saturated rings. The fraction of sp³-hybridized carbons (Fsp3) is 0.235. The lowest BCUT2D eigenvalue weighted by molar-refractivity contribution is 0.0916. The molecule has 2 aromatic heterocycles. The number of benzene rings is 1. The zero-order valence-electron chi connectivity index (χ0n) is 12.8. The molecule has 0 radical (unpaired) electrons. The van der Waals surface area contributed by atoms with Gasteiger partial charge in [-0.25, -0.2) is 4.98 Å². The minimum Gasteiger partial charge on any atom is -0.394 e. The Labute approximate surface area is 133 Å². The molecule has 1 amide bonds. The maximum absolute atomic E-state index is 12.4. The summed E-state index contributed by atoms with van der Waals surface area (Å²) in [5.74, 6) is -0.208. The fourth-order valence-corrected chi connectivity index (χ4v) is 2.48. The van der Waals surface area contributed by atoms with Gasteiger partial charge in [-0.2, -0.15) is 0 Å². The number of hydrogen-bond acceptors (Lipinski definition) is 4. The first kappa shape index (κ1) is 15.2. The molecule has 6 heteroatoms. The summed E-state index contributed by atoms with van der Waals surface area (Å²) in [7, 11) is 0. The van der Waals surface area contributed by atoms with E-state index < -0.39 is 0 Å². The van der Waals surface area contributed by atoms with Crippen LogP contribution in [-0.2, 0) is 6.42 Å². The number of rotatable bonds is 5. The number of H-pyrrole nitrogens is 1. The van der Waals surface area contributed by atoms with Gasteiger partial charge in [-0.1, -0.05) is 6.07 Å². The fourth-order valence-electron chi connectivity index (χ4n) is 2.48. The van der Waals surface area contributed by atoms with Crippen molar-refractivity contribution in [1.29, 1.82) is 0 Å². The zero-order valence-corrected chi connectivity index (χ0v) is 12.8. The summed E-state index contributed by atoms with van der Waals surface area (Å²) in [6, 6.07) is 7.06. The third kappa shape index (κ3) is 3.54. The second-order valence-electron chi connectivity index (χ2n) is 5.52. The van der Waals surface area contributed by atoms with Crippen LogP contribution in [-0.4, -0.2) is 38.6 Å². The Morgan fingerprint density at radius 1 is 1.30 bits per heavy atom. The smallest absolute Gasteiger partial charge is 0.251 e. The lowest BCUT2D eigenvalue weighted by Crippen LogP contribution is -2.39. The van der Waals surface area contributed by atoms with Crippen LogP contribution in [0.1, 0.15) is 21.7 Å². The van der Waals surface area contributed by atoms with Crippen molar-refractivity contribution in [3.63, 3.8) is 0 Å². The number of aliphatic hydroxyl groups excluding tert-OH is 1. The molecule has 6 nitrogen and oxygen atoms in total. The van der Waals surface area contributed by atoms with E-state index in [9.17, 15) is 9.90 Å². The van der Waals surface area contributed by atoms with E-state index in [4.69, 9.17) is 0 Å². The van der Waals surface area contributed by atoms with E-state index in [0.29, 0.717) is 12.0 Å². The normalized spacial score (nSPS) is 12.3. The highest BCUT2D eigenvalue weighted by molar-refractivity contribution is 5.98. The average Bonchev–Trinajstić information content (AvgIpc) is 3.06. The van der Waals surface area contributed by atoms with Crippen LogP contribution >= 0.6 is 0 Å². The molecule has 0 saturated carbocycles. The first-order valence-corrected chi connectivity index (χ1v) is 7.41. The highest BCUT2D eigenvalue weighted by Gasteiger charge is 2.14. The van der Waals surface area contributed by atoms with Crippen molar-refractivity contribution in [2.24, 2.45) is 0 Å². The van der Waals surface area contributed by atoms with E-state index in [0.717, 1.165) is 22.2 Å². The van der Waals surface area contributed by atoms with Crippen molar-refractivity contribution >= 4 is 16.7 Å². The summed E-state index contributed by atoms with van der Waals surface area (Å²) in [4.78, 5) is 23.5. The SMILES string of the molecule is Cc1cc2cc(C(=O)N[C@H](CO)Cc3cnc[nH]3)ccc2cn1. The van der Waals surface area contributed by atoms with Crippen LogP contribution < -0.4 is 5.32 Å². The topological polar surface area (TPSA) is 90.9 Å². The van der Waals surface area contributed by atoms with Gasteiger partial charge in [-0.05, 0) is 30.5 Å². The number of aromatic amines is 1. The largest absolute Gasteiger partial charge is 0.394 e. The molecule has 118 valence electrons. The Kier molecular flexibility index (Phi) is 4.34. The van der Waals surface area contributed by atoms with Crippen molar-refractivity contribution in [2.45, 2.75) is 19.4 Å². The van der Waals surface area contributed by atoms with Gasteiger partial charge in [0.2, 0.25) is 0 Å². The van der Waals surface area contributed by atoms with Crippen LogP contribution in [0.25, 0.3) is 10.8 Å². The monoisotopic (exact) mass is 310 g/mol. The average molecular weight is 310 g/mol. The number of amides is 1. The van der Waals surface area contributed by atoms with E-state index in [1.54, 1.807) is 24.8 Å². The number of pyridine rings is 1. The number of nitrogens with one attached hydrogen (secondary N) is 2. The molecule has 0 bridgehead atoms. The second kappa shape index (κ2) is 6.58. The molecule has 0 aliphatic heterocycles. The Balaban J connectivity index is 1.76. The Hall–Kier alpha value is -2.73. The number of carbonyl (C=O) groups excluding carboxylic acids is 1. The summed E-state index contributed by atoms with van der Waals surface area (Å²) >= 11 is 0. The molecule has 2 heterocycles. The maximum atomic E-state index is 12.4. The van der Waals surface area contributed by atoms with Gasteiger partial charge in [0.15, 0.2) is 0 Å². The van der Waals surface area contributed by atoms with Gasteiger partial charge < -0.3 is 15.4 Å². The summed E-state index contributed by atoms with van der Waals surface area (Å²) in [6.45, 7) is 1.78. The molecule has 0 saturated heterocycles. The number of aryl methyl sites for hydroxylation is 1. The van der Waals surface area contributed by atoms with Gasteiger partial charge in [0.25, 0.3) is 5.91 Å². The first-order valence-electron chi connectivity index (χ1n) is 7.41. The van der Waals surface area contributed by atoms with Gasteiger partial charge in [0.05, 0.1) is 19.0 Å². The molecular weight excluding hydrogens is 292 g/mol. The molecule has 1 aromatic carbocycles. The highest BCUT2D eigenvalue weighted by Crippen LogP contribution is 2.16. The van der Waals surface area contributed by atoms with Gasteiger partial charge in [0, 0.05) is 41.2 Å². The summed E-state index contributed by atoms with van der Waals surface area (Å²) in [5, 5.41) is 14.3. The van der Waals surface area contributed by atoms with Crippen molar-refractivity contribution in [1.82, 2.24) is 20.3 Å². The molecule has 0 aliphatic carbocycles. The predicted octanol–water partition coefficient (Wildman–Crippen LogP) is 1.60. The lowest BCUT2D eigenvalue weighted by Gasteiger charge is -2.15. The number of aliphatic hydroxyl groups is 1. The summed E-state index contributed by atoms with van der Waals surface area (Å²) < 4.78 is 0. The van der Waals surface area contributed by atoms with Gasteiger partial charge in [-0.3, -0.25) is 9.78 Å². The highest BCUT2D eigenvalue weighted by atomic mass is 16.3. The van der Waals surface area contributed by atoms with Crippen molar-refractivity contribution in [3.8, 4) is 0 Å². The number of carbonyl (C=O) groups is 1. The quantitative estimate of drug-likeness (QED) is 0.667. The van der Waals surface area contributed by atoms with E-state index in [1.807, 2.05) is 25.1 Å². The van der Waals surface area contributed by atoms with Crippen LogP contribution in [0.4, 0.5) is 0 Å². The third-order valence-corrected chi connectivity index (χ3v) is 3.70. The molecule has 23 heavy (non-hydrogen) atoms. The van der Waals surface area contributed by atoms with Crippen LogP contribution in [0.5, 0.6) is 0 Å². The van der Waals surface area contributed by atoms with Gasteiger partial charge in [-0.15, -0.1) is 0 Å². The van der Waals surface area contributed by atoms with Crippen molar-refractivity contribution < 1.29 is 9.90 Å². The van der Waals surface area contributed by atoms with Crippen LogP contribution in [0.2, 0.25) is 0 Å². The molecule has 0 spiro atoms. The van der Waals surface area contributed by atoms with Crippen LogP contribution in [0.3, 0.4) is 0 Å². The lowest BCUT2D eigenvalue weighted by atomic mass is 10.1. The van der Waals surface area contributed by atoms with Crippen molar-refractivity contribution in [3.05, 3.63) is 59.9 Å². The minimum absolute atomic E-state index is 0.138. The van der Waals surface area contributed by atoms with E-state index >= 15 is 0 Å². The molecule has 1 atom stereocenters. The number of imidazole rings is 1.